The Morgan fingerprint density at radius 1 is 1.38 bits per heavy atom. The zero-order valence-electron chi connectivity index (χ0n) is 8.04. The average Bonchev–Trinajstić information content (AvgIpc) is 2.08. The van der Waals surface area contributed by atoms with E-state index in [4.69, 9.17) is 0 Å². The summed E-state index contributed by atoms with van der Waals surface area (Å²) in [5, 5.41) is 0. The van der Waals surface area contributed by atoms with Crippen molar-refractivity contribution in [2.45, 2.75) is 26.7 Å². The molecule has 0 fully saturated rings. The molecule has 0 aliphatic heterocycles. The minimum atomic E-state index is -0.112. The maximum Gasteiger partial charge on any atom is 0.178 e. The van der Waals surface area contributed by atoms with Crippen LogP contribution < -0.4 is 0 Å². The largest absolute Gasteiger partial charge is 0.300 e. The van der Waals surface area contributed by atoms with E-state index in [0.29, 0.717) is 6.42 Å². The number of hydrogen-bond donors (Lipinski definition) is 0. The van der Waals surface area contributed by atoms with Crippen molar-refractivity contribution >= 4 is 11.6 Å². The fourth-order valence-electron chi connectivity index (χ4n) is 1.27. The number of carbonyl (C=O) groups excluding carboxylic acids is 2. The number of hydrogen-bond acceptors (Lipinski definition) is 2. The van der Waals surface area contributed by atoms with Crippen LogP contribution in [0.3, 0.4) is 0 Å². The molecule has 0 aromatic rings. The summed E-state index contributed by atoms with van der Waals surface area (Å²) in [6.07, 6.45) is 8.23. The molecule has 0 amide bonds. The third kappa shape index (κ3) is 2.98. The average molecular weight is 178 g/mol. The molecule has 2 heteroatoms. The molecule has 0 atom stereocenters. The van der Waals surface area contributed by atoms with E-state index in [1.165, 1.54) is 0 Å². The number of carbonyl (C=O) groups is 2. The Balaban J connectivity index is 2.58. The van der Waals surface area contributed by atoms with Crippen LogP contribution in [0.1, 0.15) is 26.7 Å². The van der Waals surface area contributed by atoms with Gasteiger partial charge in [0, 0.05) is 11.8 Å². The third-order valence-corrected chi connectivity index (χ3v) is 2.27. The summed E-state index contributed by atoms with van der Waals surface area (Å²) in [5.74, 6) is 0.222. The molecular formula is C11H14O2. The lowest BCUT2D eigenvalue weighted by Gasteiger charge is -2.22. The van der Waals surface area contributed by atoms with Crippen molar-refractivity contribution in [3.05, 3.63) is 24.3 Å². The van der Waals surface area contributed by atoms with Crippen molar-refractivity contribution in [1.29, 1.82) is 0 Å². The number of ketones is 2. The summed E-state index contributed by atoms with van der Waals surface area (Å²) in [6, 6.07) is 0. The molecule has 2 nitrogen and oxygen atoms in total. The van der Waals surface area contributed by atoms with Gasteiger partial charge in [0.2, 0.25) is 0 Å². The first-order chi connectivity index (χ1) is 6.02. The Morgan fingerprint density at radius 3 is 2.38 bits per heavy atom. The fourth-order valence-corrected chi connectivity index (χ4v) is 1.27. The summed E-state index contributed by atoms with van der Waals surface area (Å²) < 4.78 is 0. The van der Waals surface area contributed by atoms with E-state index < -0.39 is 0 Å². The molecule has 70 valence electrons. The van der Waals surface area contributed by atoms with Crippen molar-refractivity contribution in [1.82, 2.24) is 0 Å². The summed E-state index contributed by atoms with van der Waals surface area (Å²) in [4.78, 5) is 21.6. The molecule has 1 aliphatic carbocycles. The van der Waals surface area contributed by atoms with Crippen molar-refractivity contribution < 1.29 is 9.59 Å². The zero-order valence-corrected chi connectivity index (χ0v) is 8.04. The number of Topliss-reactive ketones (excluding diaryl/α,β-unsaturated/α-hetero) is 1. The van der Waals surface area contributed by atoms with Gasteiger partial charge in [-0.2, -0.15) is 0 Å². The minimum absolute atomic E-state index is 0.0281. The van der Waals surface area contributed by atoms with Crippen LogP contribution in [0.5, 0.6) is 0 Å². The molecule has 0 bridgehead atoms. The van der Waals surface area contributed by atoms with Crippen LogP contribution in [-0.4, -0.2) is 11.6 Å². The van der Waals surface area contributed by atoms with E-state index in [1.54, 1.807) is 19.1 Å². The summed E-state index contributed by atoms with van der Waals surface area (Å²) >= 11 is 0. The molecular weight excluding hydrogens is 164 g/mol. The van der Waals surface area contributed by atoms with Crippen LogP contribution in [-0.2, 0) is 9.59 Å². The van der Waals surface area contributed by atoms with Crippen molar-refractivity contribution in [2.24, 2.45) is 5.41 Å². The third-order valence-electron chi connectivity index (χ3n) is 2.27. The Morgan fingerprint density at radius 2 is 1.92 bits per heavy atom. The van der Waals surface area contributed by atoms with Gasteiger partial charge in [-0.3, -0.25) is 4.79 Å². The lowest BCUT2D eigenvalue weighted by atomic mass is 9.81. The van der Waals surface area contributed by atoms with Crippen LogP contribution in [0, 0.1) is 5.41 Å². The summed E-state index contributed by atoms with van der Waals surface area (Å²) in [7, 11) is 0. The van der Waals surface area contributed by atoms with Gasteiger partial charge in [-0.1, -0.05) is 19.1 Å². The standard InChI is InChI=1S/C11H14O2/c1-9(12)3-6-11(2)7-4-10(13)5-8-11/h4-5,7-8H,3,6H2,1-2H3. The second kappa shape index (κ2) is 3.69. The zero-order chi connectivity index (χ0) is 9.90. The monoisotopic (exact) mass is 178 g/mol. The second-order valence-corrected chi connectivity index (χ2v) is 3.78. The number of allylic oxidation sites excluding steroid dienone is 4. The van der Waals surface area contributed by atoms with E-state index in [2.05, 4.69) is 0 Å². The molecule has 0 aromatic heterocycles. The highest BCUT2D eigenvalue weighted by Gasteiger charge is 2.20. The van der Waals surface area contributed by atoms with Gasteiger partial charge in [0.05, 0.1) is 0 Å². The Bertz CT molecular complexity index is 268. The quantitative estimate of drug-likeness (QED) is 0.662. The van der Waals surface area contributed by atoms with Gasteiger partial charge in [-0.15, -0.1) is 0 Å². The maximum absolute atomic E-state index is 10.8. The first kappa shape index (κ1) is 9.90. The van der Waals surface area contributed by atoms with E-state index in [1.807, 2.05) is 19.1 Å². The SMILES string of the molecule is CC(=O)CCC1(C)C=CC(=O)C=C1. The first-order valence-corrected chi connectivity index (χ1v) is 4.44. The van der Waals surface area contributed by atoms with E-state index in [9.17, 15) is 9.59 Å². The van der Waals surface area contributed by atoms with Crippen LogP contribution >= 0.6 is 0 Å². The molecule has 1 aliphatic rings. The van der Waals surface area contributed by atoms with Crippen LogP contribution in [0.2, 0.25) is 0 Å². The normalized spacial score (nSPS) is 19.1. The smallest absolute Gasteiger partial charge is 0.178 e. The van der Waals surface area contributed by atoms with Crippen LogP contribution in [0.15, 0.2) is 24.3 Å². The molecule has 0 heterocycles. The topological polar surface area (TPSA) is 34.1 Å². The molecule has 0 saturated heterocycles. The van der Waals surface area contributed by atoms with Gasteiger partial charge in [0.15, 0.2) is 5.78 Å². The molecule has 0 unspecified atom stereocenters. The van der Waals surface area contributed by atoms with Crippen LogP contribution in [0.4, 0.5) is 0 Å². The Labute approximate surface area is 78.3 Å². The highest BCUT2D eigenvalue weighted by Crippen LogP contribution is 2.29. The molecule has 0 N–H and O–H groups in total. The summed E-state index contributed by atoms with van der Waals surface area (Å²) in [5.41, 5.74) is -0.112. The lowest BCUT2D eigenvalue weighted by Crippen LogP contribution is -2.15. The van der Waals surface area contributed by atoms with Gasteiger partial charge in [-0.05, 0) is 25.5 Å². The fraction of sp³-hybridized carbons (Fsp3) is 0.455. The number of rotatable bonds is 3. The van der Waals surface area contributed by atoms with Gasteiger partial charge in [0.25, 0.3) is 0 Å². The van der Waals surface area contributed by atoms with E-state index in [-0.39, 0.29) is 17.0 Å². The van der Waals surface area contributed by atoms with E-state index >= 15 is 0 Å². The predicted octanol–water partition coefficient (Wildman–Crippen LogP) is 2.06. The molecule has 0 saturated carbocycles. The van der Waals surface area contributed by atoms with Crippen LogP contribution in [0.25, 0.3) is 0 Å². The maximum atomic E-state index is 10.8. The van der Waals surface area contributed by atoms with Gasteiger partial charge in [-0.25, -0.2) is 0 Å². The highest BCUT2D eigenvalue weighted by atomic mass is 16.1. The van der Waals surface area contributed by atoms with Crippen molar-refractivity contribution in [2.75, 3.05) is 0 Å². The minimum Gasteiger partial charge on any atom is -0.300 e. The van der Waals surface area contributed by atoms with Gasteiger partial charge in [0.1, 0.15) is 5.78 Å². The van der Waals surface area contributed by atoms with Crippen molar-refractivity contribution in [3.63, 3.8) is 0 Å². The molecule has 1 rings (SSSR count). The lowest BCUT2D eigenvalue weighted by molar-refractivity contribution is -0.117. The first-order valence-electron chi connectivity index (χ1n) is 4.44. The van der Waals surface area contributed by atoms with Crippen molar-refractivity contribution in [3.8, 4) is 0 Å². The highest BCUT2D eigenvalue weighted by molar-refractivity contribution is 6.00. The Hall–Kier alpha value is -1.18. The Kier molecular flexibility index (Phi) is 2.81. The predicted molar refractivity (Wildman–Crippen MR) is 51.3 cm³/mol. The molecule has 0 aromatic carbocycles. The molecule has 0 radical (unpaired) electrons. The molecule has 0 spiro atoms. The van der Waals surface area contributed by atoms with Gasteiger partial charge < -0.3 is 4.79 Å². The van der Waals surface area contributed by atoms with E-state index in [0.717, 1.165) is 6.42 Å². The van der Waals surface area contributed by atoms with Gasteiger partial charge >= 0.3 is 0 Å². The second-order valence-electron chi connectivity index (χ2n) is 3.78. The summed E-state index contributed by atoms with van der Waals surface area (Å²) in [6.45, 7) is 3.61. The molecule has 13 heavy (non-hydrogen) atoms.